The Labute approximate surface area is 127 Å². The van der Waals surface area contributed by atoms with Crippen molar-refractivity contribution in [3.8, 4) is 11.3 Å². The van der Waals surface area contributed by atoms with E-state index in [-0.39, 0.29) is 20.1 Å². The number of hydrogen-bond donors (Lipinski definition) is 0. The zero-order valence-corrected chi connectivity index (χ0v) is 13.1. The van der Waals surface area contributed by atoms with Crippen LogP contribution in [0.1, 0.15) is 48.6 Å². The Kier molecular flexibility index (Phi) is 3.55. The van der Waals surface area contributed by atoms with Crippen LogP contribution in [-0.4, -0.2) is 4.98 Å². The van der Waals surface area contributed by atoms with Crippen molar-refractivity contribution in [1.29, 1.82) is 0 Å². The van der Waals surface area contributed by atoms with E-state index in [4.69, 9.17) is 0 Å². The van der Waals surface area contributed by atoms with Crippen LogP contribution in [0, 0.1) is 6.07 Å². The summed E-state index contributed by atoms with van der Waals surface area (Å²) in [6.07, 6.45) is 7.38. The summed E-state index contributed by atoms with van der Waals surface area (Å²) in [4.78, 5) is 4.43. The van der Waals surface area contributed by atoms with Gasteiger partial charge in [-0.25, -0.2) is 0 Å². The van der Waals surface area contributed by atoms with Gasteiger partial charge in [-0.3, -0.25) is 0 Å². The molecule has 5 rings (SSSR count). The van der Waals surface area contributed by atoms with E-state index in [1.165, 1.54) is 25.7 Å². The van der Waals surface area contributed by atoms with Gasteiger partial charge in [-0.05, 0) is 30.5 Å². The number of fused-ring (bicyclic) bond motifs is 2. The average Bonchev–Trinajstić information content (AvgIpc) is 2.49. The Balaban J connectivity index is 0.00000110. The van der Waals surface area contributed by atoms with E-state index in [0.29, 0.717) is 0 Å². The second-order valence-electron chi connectivity index (χ2n) is 5.52. The molecule has 0 saturated heterocycles. The summed E-state index contributed by atoms with van der Waals surface area (Å²) in [6, 6.07) is 14.1. The first-order valence-corrected chi connectivity index (χ1v) is 6.89. The van der Waals surface area contributed by atoms with E-state index < -0.39 is 0 Å². The summed E-state index contributed by atoms with van der Waals surface area (Å²) >= 11 is 0. The second-order valence-corrected chi connectivity index (χ2v) is 5.52. The van der Waals surface area contributed by atoms with Crippen molar-refractivity contribution in [1.82, 2.24) is 4.98 Å². The summed E-state index contributed by atoms with van der Waals surface area (Å²) in [5.41, 5.74) is 5.35. The van der Waals surface area contributed by atoms with E-state index in [2.05, 4.69) is 29.2 Å². The third-order valence-corrected chi connectivity index (χ3v) is 4.56. The number of aromatic nitrogens is 1. The standard InChI is InChI=1S/C17H16N.Ir/c1-2-10-18-17(3-1)14-8-9-15-12-4-6-13(7-5-12)16(15)11-14;/h1-3,9-13H,4-7H2;/q-1;. The van der Waals surface area contributed by atoms with E-state index in [0.717, 1.165) is 23.1 Å². The van der Waals surface area contributed by atoms with E-state index in [1.54, 1.807) is 11.1 Å². The number of rotatable bonds is 1. The Morgan fingerprint density at radius 2 is 1.74 bits per heavy atom. The second kappa shape index (κ2) is 5.19. The van der Waals surface area contributed by atoms with Crippen LogP contribution in [0.3, 0.4) is 0 Å². The Hall–Kier alpha value is -0.981. The minimum atomic E-state index is 0. The van der Waals surface area contributed by atoms with Crippen molar-refractivity contribution in [2.24, 2.45) is 0 Å². The van der Waals surface area contributed by atoms with Crippen LogP contribution in [0.4, 0.5) is 0 Å². The molecule has 19 heavy (non-hydrogen) atoms. The first-order chi connectivity index (χ1) is 8.92. The van der Waals surface area contributed by atoms with E-state index in [9.17, 15) is 0 Å². The number of hydrogen-bond acceptors (Lipinski definition) is 1. The molecule has 0 amide bonds. The predicted octanol–water partition coefficient (Wildman–Crippen LogP) is 4.30. The maximum Gasteiger partial charge on any atom is 0.0160 e. The van der Waals surface area contributed by atoms with Crippen LogP contribution in [0.15, 0.2) is 36.5 Å². The zero-order chi connectivity index (χ0) is 11.9. The van der Waals surface area contributed by atoms with Crippen molar-refractivity contribution in [3.63, 3.8) is 0 Å². The van der Waals surface area contributed by atoms with Gasteiger partial charge in [0, 0.05) is 26.3 Å². The molecule has 0 unspecified atom stereocenters. The first kappa shape index (κ1) is 13.0. The fourth-order valence-corrected chi connectivity index (χ4v) is 3.61. The van der Waals surface area contributed by atoms with Crippen LogP contribution in [0.25, 0.3) is 11.3 Å². The van der Waals surface area contributed by atoms with Gasteiger partial charge in [0.2, 0.25) is 0 Å². The molecule has 1 fully saturated rings. The van der Waals surface area contributed by atoms with E-state index in [1.807, 2.05) is 18.3 Å². The van der Waals surface area contributed by atoms with Gasteiger partial charge in [-0.2, -0.15) is 0 Å². The topological polar surface area (TPSA) is 12.9 Å². The number of pyridine rings is 1. The molecule has 3 aliphatic rings. The molecule has 1 nitrogen and oxygen atoms in total. The van der Waals surface area contributed by atoms with Crippen molar-refractivity contribution in [3.05, 3.63) is 53.7 Å². The number of benzene rings is 1. The largest absolute Gasteiger partial charge is 0.305 e. The van der Waals surface area contributed by atoms with Crippen molar-refractivity contribution in [2.45, 2.75) is 37.5 Å². The molecule has 0 aliphatic heterocycles. The molecule has 1 aromatic carbocycles. The van der Waals surface area contributed by atoms with Crippen LogP contribution in [0.2, 0.25) is 0 Å². The molecule has 1 aromatic heterocycles. The van der Waals surface area contributed by atoms with Gasteiger partial charge < -0.3 is 4.98 Å². The summed E-state index contributed by atoms with van der Waals surface area (Å²) in [5.74, 6) is 1.60. The van der Waals surface area contributed by atoms with Gasteiger partial charge in [0.15, 0.2) is 0 Å². The summed E-state index contributed by atoms with van der Waals surface area (Å²) in [6.45, 7) is 0. The number of nitrogens with zero attached hydrogens (tertiary/aromatic N) is 1. The minimum absolute atomic E-state index is 0. The Morgan fingerprint density at radius 1 is 1.00 bits per heavy atom. The summed E-state index contributed by atoms with van der Waals surface area (Å²) in [7, 11) is 0. The zero-order valence-electron chi connectivity index (χ0n) is 10.7. The minimum Gasteiger partial charge on any atom is -0.305 e. The monoisotopic (exact) mass is 427 g/mol. The van der Waals surface area contributed by atoms with Crippen molar-refractivity contribution >= 4 is 0 Å². The molecule has 1 radical (unpaired) electrons. The fourth-order valence-electron chi connectivity index (χ4n) is 3.61. The third-order valence-electron chi connectivity index (χ3n) is 4.56. The maximum atomic E-state index is 4.43. The SMILES string of the molecule is [Ir].[c-]1cc2c(cc1-c1ccccn1)C1CCC2CC1. The van der Waals surface area contributed by atoms with Crippen molar-refractivity contribution < 1.29 is 20.1 Å². The molecular weight excluding hydrogens is 410 g/mol. The summed E-state index contributed by atoms with van der Waals surface area (Å²) < 4.78 is 0. The molecule has 0 N–H and O–H groups in total. The van der Waals surface area contributed by atoms with Gasteiger partial charge in [-0.15, -0.1) is 34.9 Å². The summed E-state index contributed by atoms with van der Waals surface area (Å²) in [5, 5.41) is 0. The Morgan fingerprint density at radius 3 is 2.42 bits per heavy atom. The normalized spacial score (nSPS) is 23.6. The van der Waals surface area contributed by atoms with Crippen LogP contribution in [0.5, 0.6) is 0 Å². The molecular formula is C17H16IrN-. The fraction of sp³-hybridized carbons (Fsp3) is 0.353. The van der Waals surface area contributed by atoms with Gasteiger partial charge in [0.1, 0.15) is 0 Å². The maximum absolute atomic E-state index is 4.43. The van der Waals surface area contributed by atoms with Crippen LogP contribution in [-0.2, 0) is 20.1 Å². The van der Waals surface area contributed by atoms with Gasteiger partial charge in [0.05, 0.1) is 0 Å². The van der Waals surface area contributed by atoms with Gasteiger partial charge in [-0.1, -0.05) is 30.9 Å². The molecule has 2 aromatic rings. The molecule has 0 spiro atoms. The van der Waals surface area contributed by atoms with Crippen molar-refractivity contribution in [2.75, 3.05) is 0 Å². The smallest absolute Gasteiger partial charge is 0.0160 e. The molecule has 0 atom stereocenters. The Bertz CT molecular complexity index is 571. The molecule has 3 aliphatic carbocycles. The van der Waals surface area contributed by atoms with Gasteiger partial charge in [0.25, 0.3) is 0 Å². The predicted molar refractivity (Wildman–Crippen MR) is 72.5 cm³/mol. The quantitative estimate of drug-likeness (QED) is 0.620. The van der Waals surface area contributed by atoms with Crippen LogP contribution >= 0.6 is 0 Å². The van der Waals surface area contributed by atoms with Gasteiger partial charge >= 0.3 is 0 Å². The molecule has 99 valence electrons. The average molecular weight is 427 g/mol. The molecule has 2 bridgehead atoms. The van der Waals surface area contributed by atoms with E-state index >= 15 is 0 Å². The molecule has 1 heterocycles. The first-order valence-electron chi connectivity index (χ1n) is 6.89. The molecule has 1 saturated carbocycles. The molecule has 2 heteroatoms. The third kappa shape index (κ3) is 2.17. The van der Waals surface area contributed by atoms with Crippen LogP contribution < -0.4 is 0 Å².